The lowest BCUT2D eigenvalue weighted by Crippen LogP contribution is -2.28. The zero-order chi connectivity index (χ0) is 11.1. The van der Waals surface area contributed by atoms with E-state index in [1.807, 2.05) is 0 Å². The molecular weight excluding hydrogens is 188 g/mol. The monoisotopic (exact) mass is 214 g/mol. The third-order valence-corrected chi connectivity index (χ3v) is 3.84. The second-order valence-electron chi connectivity index (χ2n) is 5.03. The third-order valence-electron chi connectivity index (χ3n) is 3.84. The molecule has 1 saturated carbocycles. The van der Waals surface area contributed by atoms with Gasteiger partial charge in [-0.3, -0.25) is 0 Å². The van der Waals surface area contributed by atoms with Crippen molar-refractivity contribution in [2.75, 3.05) is 13.7 Å². The van der Waals surface area contributed by atoms with E-state index in [1.54, 1.807) is 7.11 Å². The molecule has 1 aliphatic carbocycles. The van der Waals surface area contributed by atoms with Crippen molar-refractivity contribution >= 4 is 0 Å². The molecular formula is C13H26O2. The number of aliphatic hydroxyl groups is 1. The summed E-state index contributed by atoms with van der Waals surface area (Å²) in [5.41, 5.74) is -0.386. The van der Waals surface area contributed by atoms with Crippen molar-refractivity contribution < 1.29 is 9.84 Å². The maximum atomic E-state index is 10.4. The van der Waals surface area contributed by atoms with Gasteiger partial charge in [-0.1, -0.05) is 26.2 Å². The average Bonchev–Trinajstić information content (AvgIpc) is 2.41. The van der Waals surface area contributed by atoms with Gasteiger partial charge in [-0.25, -0.2) is 0 Å². The molecule has 1 N–H and O–H groups in total. The van der Waals surface area contributed by atoms with E-state index in [9.17, 15) is 5.11 Å². The second kappa shape index (κ2) is 6.49. The Hall–Kier alpha value is -0.0800. The van der Waals surface area contributed by atoms with E-state index < -0.39 is 0 Å². The number of hydrogen-bond acceptors (Lipinski definition) is 2. The molecule has 0 aromatic carbocycles. The van der Waals surface area contributed by atoms with Gasteiger partial charge in [0.1, 0.15) is 0 Å². The number of hydrogen-bond donors (Lipinski definition) is 1. The summed E-state index contributed by atoms with van der Waals surface area (Å²) in [7, 11) is 1.73. The Bertz CT molecular complexity index is 170. The van der Waals surface area contributed by atoms with Gasteiger partial charge in [-0.05, 0) is 38.0 Å². The van der Waals surface area contributed by atoms with Gasteiger partial charge in [0.05, 0.1) is 5.60 Å². The highest BCUT2D eigenvalue weighted by molar-refractivity contribution is 4.82. The molecule has 0 bridgehead atoms. The molecule has 0 radical (unpaired) electrons. The van der Waals surface area contributed by atoms with Crippen molar-refractivity contribution in [3.63, 3.8) is 0 Å². The van der Waals surface area contributed by atoms with E-state index in [2.05, 4.69) is 6.92 Å². The van der Waals surface area contributed by atoms with Gasteiger partial charge in [0, 0.05) is 13.7 Å². The average molecular weight is 214 g/mol. The predicted molar refractivity (Wildman–Crippen MR) is 62.9 cm³/mol. The third kappa shape index (κ3) is 4.52. The fourth-order valence-corrected chi connectivity index (χ4v) is 2.67. The van der Waals surface area contributed by atoms with Gasteiger partial charge in [-0.15, -0.1) is 0 Å². The van der Waals surface area contributed by atoms with Gasteiger partial charge in [0.15, 0.2) is 0 Å². The number of rotatable bonds is 5. The molecule has 1 fully saturated rings. The van der Waals surface area contributed by atoms with Crippen LogP contribution in [0.15, 0.2) is 0 Å². The van der Waals surface area contributed by atoms with Crippen LogP contribution in [-0.2, 0) is 4.74 Å². The van der Waals surface area contributed by atoms with E-state index in [1.165, 1.54) is 25.7 Å². The Morgan fingerprint density at radius 3 is 2.80 bits per heavy atom. The lowest BCUT2D eigenvalue weighted by atomic mass is 9.89. The molecule has 90 valence electrons. The van der Waals surface area contributed by atoms with Crippen molar-refractivity contribution in [3.05, 3.63) is 0 Å². The molecule has 0 aromatic rings. The summed E-state index contributed by atoms with van der Waals surface area (Å²) in [5, 5.41) is 10.4. The normalized spacial score (nSPS) is 32.6. The van der Waals surface area contributed by atoms with Gasteiger partial charge in [0.25, 0.3) is 0 Å². The van der Waals surface area contributed by atoms with Crippen LogP contribution >= 0.6 is 0 Å². The Kier molecular flexibility index (Phi) is 5.62. The first kappa shape index (κ1) is 13.0. The molecule has 0 aliphatic heterocycles. The number of ether oxygens (including phenoxy) is 1. The van der Waals surface area contributed by atoms with Crippen molar-refractivity contribution in [1.82, 2.24) is 0 Å². The predicted octanol–water partition coefficient (Wildman–Crippen LogP) is 3.13. The summed E-state index contributed by atoms with van der Waals surface area (Å²) in [6, 6.07) is 0. The van der Waals surface area contributed by atoms with Crippen LogP contribution in [0.4, 0.5) is 0 Å². The largest absolute Gasteiger partial charge is 0.390 e. The Balaban J connectivity index is 2.33. The first-order valence-electron chi connectivity index (χ1n) is 6.41. The maximum Gasteiger partial charge on any atom is 0.0648 e. The number of methoxy groups -OCH3 is 1. The Morgan fingerprint density at radius 2 is 2.13 bits per heavy atom. The topological polar surface area (TPSA) is 29.5 Å². The van der Waals surface area contributed by atoms with E-state index in [4.69, 9.17) is 4.74 Å². The van der Waals surface area contributed by atoms with Crippen LogP contribution in [0.25, 0.3) is 0 Å². The van der Waals surface area contributed by atoms with E-state index >= 15 is 0 Å². The summed E-state index contributed by atoms with van der Waals surface area (Å²) < 4.78 is 5.04. The van der Waals surface area contributed by atoms with Crippen molar-refractivity contribution in [2.45, 2.75) is 63.9 Å². The molecule has 2 unspecified atom stereocenters. The van der Waals surface area contributed by atoms with Crippen molar-refractivity contribution in [2.24, 2.45) is 5.92 Å². The fraction of sp³-hybridized carbons (Fsp3) is 1.00. The smallest absolute Gasteiger partial charge is 0.0648 e. The van der Waals surface area contributed by atoms with Crippen LogP contribution in [0.3, 0.4) is 0 Å². The molecule has 15 heavy (non-hydrogen) atoms. The van der Waals surface area contributed by atoms with Crippen molar-refractivity contribution in [3.8, 4) is 0 Å². The summed E-state index contributed by atoms with van der Waals surface area (Å²) >= 11 is 0. The molecule has 2 atom stereocenters. The van der Waals surface area contributed by atoms with Crippen LogP contribution in [-0.4, -0.2) is 24.4 Å². The Labute approximate surface area is 94.0 Å². The maximum absolute atomic E-state index is 10.4. The van der Waals surface area contributed by atoms with Crippen LogP contribution in [0, 0.1) is 5.92 Å². The van der Waals surface area contributed by atoms with E-state index in [-0.39, 0.29) is 5.60 Å². The van der Waals surface area contributed by atoms with Crippen LogP contribution in [0.5, 0.6) is 0 Å². The van der Waals surface area contributed by atoms with E-state index in [0.29, 0.717) is 0 Å². The minimum atomic E-state index is -0.386. The minimum Gasteiger partial charge on any atom is -0.390 e. The molecule has 2 nitrogen and oxygen atoms in total. The first-order valence-corrected chi connectivity index (χ1v) is 6.41. The standard InChI is InChI=1S/C13H26O2/c1-3-12-6-4-8-13(14,10-7-12)9-5-11-15-2/h12,14H,3-11H2,1-2H3. The molecule has 1 rings (SSSR count). The fourth-order valence-electron chi connectivity index (χ4n) is 2.67. The first-order chi connectivity index (χ1) is 7.20. The van der Waals surface area contributed by atoms with Gasteiger partial charge in [0.2, 0.25) is 0 Å². The van der Waals surface area contributed by atoms with Crippen LogP contribution < -0.4 is 0 Å². The molecule has 0 aromatic heterocycles. The van der Waals surface area contributed by atoms with Crippen LogP contribution in [0.2, 0.25) is 0 Å². The quantitative estimate of drug-likeness (QED) is 0.563. The lowest BCUT2D eigenvalue weighted by molar-refractivity contribution is 0.00768. The van der Waals surface area contributed by atoms with Gasteiger partial charge in [-0.2, -0.15) is 0 Å². The molecule has 0 spiro atoms. The van der Waals surface area contributed by atoms with Gasteiger partial charge < -0.3 is 9.84 Å². The summed E-state index contributed by atoms with van der Waals surface area (Å²) in [4.78, 5) is 0. The minimum absolute atomic E-state index is 0.386. The Morgan fingerprint density at radius 1 is 1.33 bits per heavy atom. The molecule has 1 aliphatic rings. The molecule has 2 heteroatoms. The molecule has 0 amide bonds. The van der Waals surface area contributed by atoms with Crippen molar-refractivity contribution in [1.29, 1.82) is 0 Å². The summed E-state index contributed by atoms with van der Waals surface area (Å²) in [5.74, 6) is 0.849. The summed E-state index contributed by atoms with van der Waals surface area (Å²) in [6.07, 6.45) is 8.88. The highest BCUT2D eigenvalue weighted by Gasteiger charge is 2.29. The summed E-state index contributed by atoms with van der Waals surface area (Å²) in [6.45, 7) is 3.04. The molecule has 0 saturated heterocycles. The zero-order valence-electron chi connectivity index (χ0n) is 10.3. The SMILES string of the molecule is CCC1CCCC(O)(CCCOC)CC1. The molecule has 0 heterocycles. The zero-order valence-corrected chi connectivity index (χ0v) is 10.3. The van der Waals surface area contributed by atoms with E-state index in [0.717, 1.165) is 38.2 Å². The van der Waals surface area contributed by atoms with Gasteiger partial charge >= 0.3 is 0 Å². The van der Waals surface area contributed by atoms with Crippen LogP contribution in [0.1, 0.15) is 58.3 Å². The lowest BCUT2D eigenvalue weighted by Gasteiger charge is -2.26. The highest BCUT2D eigenvalue weighted by Crippen LogP contribution is 2.34. The highest BCUT2D eigenvalue weighted by atomic mass is 16.5. The second-order valence-corrected chi connectivity index (χ2v) is 5.03.